The maximum absolute atomic E-state index is 15.4. The first-order valence-electron chi connectivity index (χ1n) is 12.9. The van der Waals surface area contributed by atoms with Gasteiger partial charge in [-0.15, -0.1) is 0 Å². The number of rotatable bonds is 7. The van der Waals surface area contributed by atoms with E-state index in [1.54, 1.807) is 6.07 Å². The summed E-state index contributed by atoms with van der Waals surface area (Å²) in [6.07, 6.45) is -0.187. The third kappa shape index (κ3) is 5.52. The molecule has 0 radical (unpaired) electrons. The molecule has 0 bridgehead atoms. The maximum Gasteiger partial charge on any atom is 0.252 e. The van der Waals surface area contributed by atoms with E-state index >= 15 is 4.39 Å². The lowest BCUT2D eigenvalue weighted by molar-refractivity contribution is -0.133. The van der Waals surface area contributed by atoms with Crippen molar-refractivity contribution in [3.8, 4) is 6.07 Å². The minimum absolute atomic E-state index is 0.00561. The fourth-order valence-electron chi connectivity index (χ4n) is 5.19. The molecule has 1 aliphatic carbocycles. The largest absolute Gasteiger partial charge is 0.351 e. The molecule has 3 aromatic rings. The average molecular weight is 600 g/mol. The molecular weight excluding hydrogens is 578 g/mol. The topological polar surface area (TPSA) is 106 Å². The number of halogens is 5. The Balaban J connectivity index is 1.64. The van der Waals surface area contributed by atoms with Crippen LogP contribution in [0, 0.1) is 23.0 Å². The molecule has 2 aliphatic rings. The normalized spacial score (nSPS) is 18.6. The molecule has 42 heavy (non-hydrogen) atoms. The number of benzene rings is 2. The summed E-state index contributed by atoms with van der Waals surface area (Å²) in [5.74, 6) is -8.22. The van der Waals surface area contributed by atoms with E-state index in [-0.39, 0.29) is 34.8 Å². The molecule has 216 valence electrons. The predicted octanol–water partition coefficient (Wildman–Crippen LogP) is 5.07. The molecule has 2 atom stereocenters. The van der Waals surface area contributed by atoms with Crippen LogP contribution in [0.3, 0.4) is 0 Å². The lowest BCUT2D eigenvalue weighted by atomic mass is 9.87. The Labute approximate surface area is 242 Å². The number of aromatic nitrogens is 1. The molecule has 5 rings (SSSR count). The van der Waals surface area contributed by atoms with Gasteiger partial charge in [-0.05, 0) is 36.8 Å². The zero-order chi connectivity index (χ0) is 30.2. The van der Waals surface area contributed by atoms with Gasteiger partial charge < -0.3 is 5.32 Å². The van der Waals surface area contributed by atoms with E-state index in [0.717, 1.165) is 23.1 Å². The third-order valence-electron chi connectivity index (χ3n) is 7.19. The van der Waals surface area contributed by atoms with E-state index in [2.05, 4.69) is 10.3 Å². The first kappa shape index (κ1) is 29.0. The van der Waals surface area contributed by atoms with Crippen molar-refractivity contribution in [2.75, 3.05) is 9.80 Å². The summed E-state index contributed by atoms with van der Waals surface area (Å²) in [7, 11) is 0. The molecule has 1 unspecified atom stereocenters. The number of nitrogens with zero attached hydrogens (tertiary/aromatic N) is 4. The van der Waals surface area contributed by atoms with Crippen molar-refractivity contribution >= 4 is 40.8 Å². The van der Waals surface area contributed by atoms with Gasteiger partial charge >= 0.3 is 0 Å². The van der Waals surface area contributed by atoms with E-state index in [0.29, 0.717) is 4.90 Å². The minimum Gasteiger partial charge on any atom is -0.351 e. The molecule has 2 aromatic carbocycles. The summed E-state index contributed by atoms with van der Waals surface area (Å²) in [6, 6.07) is 9.52. The van der Waals surface area contributed by atoms with Gasteiger partial charge in [-0.2, -0.15) is 5.26 Å². The van der Waals surface area contributed by atoms with Crippen LogP contribution in [0.4, 0.5) is 29.1 Å². The number of amides is 3. The monoisotopic (exact) mass is 599 g/mol. The number of hydrogen-bond donors (Lipinski definition) is 1. The summed E-state index contributed by atoms with van der Waals surface area (Å²) in [6.45, 7) is 0. The fraction of sp³-hybridized carbons (Fsp3) is 0.276. The summed E-state index contributed by atoms with van der Waals surface area (Å²) in [5, 5.41) is 11.8. The number of pyridine rings is 1. The van der Waals surface area contributed by atoms with Gasteiger partial charge in [0.2, 0.25) is 11.8 Å². The lowest BCUT2D eigenvalue weighted by Crippen LogP contribution is -2.56. The van der Waals surface area contributed by atoms with Crippen molar-refractivity contribution in [2.24, 2.45) is 0 Å². The maximum atomic E-state index is 15.4. The van der Waals surface area contributed by atoms with E-state index in [9.17, 15) is 32.8 Å². The summed E-state index contributed by atoms with van der Waals surface area (Å²) in [5.41, 5.74) is -0.457. The van der Waals surface area contributed by atoms with Crippen LogP contribution in [0.15, 0.2) is 60.8 Å². The highest BCUT2D eigenvalue weighted by Gasteiger charge is 2.49. The summed E-state index contributed by atoms with van der Waals surface area (Å²) in [4.78, 5) is 47.0. The van der Waals surface area contributed by atoms with Crippen molar-refractivity contribution < 1.29 is 31.9 Å². The number of anilines is 2. The molecule has 8 nitrogen and oxygen atoms in total. The Morgan fingerprint density at radius 3 is 2.57 bits per heavy atom. The van der Waals surface area contributed by atoms with Crippen LogP contribution < -0.4 is 15.1 Å². The van der Waals surface area contributed by atoms with Crippen molar-refractivity contribution in [1.82, 2.24) is 10.3 Å². The molecule has 3 amide bonds. The smallest absolute Gasteiger partial charge is 0.252 e. The number of carbonyl (C=O) groups is 3. The summed E-state index contributed by atoms with van der Waals surface area (Å²) >= 11 is 6.43. The average Bonchev–Trinajstić information content (AvgIpc) is 3.34. The highest BCUT2D eigenvalue weighted by molar-refractivity contribution is 6.31. The van der Waals surface area contributed by atoms with Crippen LogP contribution in [0.1, 0.15) is 42.9 Å². The van der Waals surface area contributed by atoms with Crippen molar-refractivity contribution in [1.29, 1.82) is 5.26 Å². The van der Waals surface area contributed by atoms with Crippen molar-refractivity contribution in [2.45, 2.75) is 49.7 Å². The van der Waals surface area contributed by atoms with E-state index < -0.39 is 71.9 Å². The van der Waals surface area contributed by atoms with Gasteiger partial charge in [0, 0.05) is 42.1 Å². The number of hydrogen-bond acceptors (Lipinski definition) is 5. The quantitative estimate of drug-likeness (QED) is 0.382. The zero-order valence-corrected chi connectivity index (χ0v) is 22.5. The third-order valence-corrected chi connectivity index (χ3v) is 7.53. The van der Waals surface area contributed by atoms with Crippen molar-refractivity contribution in [3.05, 3.63) is 88.6 Å². The number of nitriles is 1. The molecule has 2 heterocycles. The molecule has 1 aromatic heterocycles. The molecule has 13 heteroatoms. The van der Waals surface area contributed by atoms with Gasteiger partial charge in [-0.3, -0.25) is 24.2 Å². The van der Waals surface area contributed by atoms with Crippen LogP contribution in [0.2, 0.25) is 5.02 Å². The van der Waals surface area contributed by atoms with E-state index in [1.165, 1.54) is 36.5 Å². The molecule has 1 saturated carbocycles. The van der Waals surface area contributed by atoms with Gasteiger partial charge in [0.05, 0.1) is 17.3 Å². The van der Waals surface area contributed by atoms with Crippen LogP contribution in [-0.2, 0) is 14.4 Å². The second-order valence-electron chi connectivity index (χ2n) is 10.0. The van der Waals surface area contributed by atoms with E-state index in [4.69, 9.17) is 11.6 Å². The van der Waals surface area contributed by atoms with Crippen LogP contribution in [0.25, 0.3) is 0 Å². The van der Waals surface area contributed by atoms with Crippen molar-refractivity contribution in [3.63, 3.8) is 0 Å². The molecule has 1 aliphatic heterocycles. The Morgan fingerprint density at radius 2 is 1.88 bits per heavy atom. The van der Waals surface area contributed by atoms with Crippen LogP contribution in [-0.4, -0.2) is 40.7 Å². The van der Waals surface area contributed by atoms with E-state index in [1.807, 2.05) is 6.07 Å². The van der Waals surface area contributed by atoms with Gasteiger partial charge in [0.1, 0.15) is 17.9 Å². The Morgan fingerprint density at radius 1 is 1.14 bits per heavy atom. The molecular formula is C29H22ClF4N5O3. The Hall–Kier alpha value is -4.50. The predicted molar refractivity (Wildman–Crippen MR) is 144 cm³/mol. The van der Waals surface area contributed by atoms with Gasteiger partial charge in [-0.25, -0.2) is 22.5 Å². The second kappa shape index (κ2) is 11.4. The zero-order valence-electron chi connectivity index (χ0n) is 21.7. The molecule has 1 N–H and O–H groups in total. The fourth-order valence-corrected chi connectivity index (χ4v) is 5.43. The minimum atomic E-state index is -2.97. The van der Waals surface area contributed by atoms with Gasteiger partial charge in [0.15, 0.2) is 11.6 Å². The van der Waals surface area contributed by atoms with Gasteiger partial charge in [-0.1, -0.05) is 35.9 Å². The Kier molecular flexibility index (Phi) is 7.88. The highest BCUT2D eigenvalue weighted by atomic mass is 35.5. The molecule has 1 saturated heterocycles. The second-order valence-corrected chi connectivity index (χ2v) is 10.4. The van der Waals surface area contributed by atoms with Crippen LogP contribution >= 0.6 is 11.6 Å². The van der Waals surface area contributed by atoms with Gasteiger partial charge in [0.25, 0.3) is 11.8 Å². The molecule has 0 spiro atoms. The molecule has 2 fully saturated rings. The standard InChI is InChI=1S/C29H22ClF4N5O3/c30-19-5-2-1-4-18(19)26(27(41)37-17-13-29(33,34)14-17)39(21-7-3-6-20(31)25(21)32)28(42)22-8-9-24(40)38(22)23-12-16(15-35)10-11-36-23/h1-7,10-12,17,22,26H,8-9,13-14H2,(H,37,41)/t22?,26-/m0/s1. The summed E-state index contributed by atoms with van der Waals surface area (Å²) < 4.78 is 57.1. The first-order valence-corrected chi connectivity index (χ1v) is 13.3. The number of carbonyl (C=O) groups excluding carboxylic acids is 3. The van der Waals surface area contributed by atoms with Crippen LogP contribution in [0.5, 0.6) is 0 Å². The number of nitrogens with one attached hydrogen (secondary N) is 1. The number of alkyl halides is 2. The highest BCUT2D eigenvalue weighted by Crippen LogP contribution is 2.40. The SMILES string of the molecule is N#Cc1ccnc(N2C(=O)CCC2C(=O)N(c2cccc(F)c2F)[C@H](C(=O)NC2CC(F)(F)C2)c2ccccc2Cl)c1. The lowest BCUT2D eigenvalue weighted by Gasteiger charge is -2.39. The Bertz CT molecular complexity index is 1610. The first-order chi connectivity index (χ1) is 20.0.